The third-order valence-corrected chi connectivity index (χ3v) is 5.85. The van der Waals surface area contributed by atoms with Crippen LogP contribution < -0.4 is 14.8 Å². The van der Waals surface area contributed by atoms with E-state index in [0.29, 0.717) is 35.4 Å². The van der Waals surface area contributed by atoms with Crippen molar-refractivity contribution in [1.82, 2.24) is 0 Å². The van der Waals surface area contributed by atoms with Gasteiger partial charge >= 0.3 is 0 Å². The Kier molecular flexibility index (Phi) is 4.37. The molecule has 1 aliphatic carbocycles. The molecule has 2 heterocycles. The number of anilines is 1. The maximum atomic E-state index is 12.6. The van der Waals surface area contributed by atoms with Gasteiger partial charge in [-0.15, -0.1) is 11.3 Å². The maximum absolute atomic E-state index is 12.6. The lowest BCUT2D eigenvalue weighted by molar-refractivity contribution is 0.103. The molecule has 0 unspecified atom stereocenters. The fourth-order valence-corrected chi connectivity index (χ4v) is 4.42. The van der Waals surface area contributed by atoms with Gasteiger partial charge in [-0.25, -0.2) is 0 Å². The second-order valence-electron chi connectivity index (χ2n) is 6.05. The second-order valence-corrected chi connectivity index (χ2v) is 7.59. The molecule has 2 aromatic rings. The summed E-state index contributed by atoms with van der Waals surface area (Å²) in [6, 6.07) is 5.47. The topological polar surface area (TPSA) is 47.6 Å². The number of rotatable bonds is 2. The highest BCUT2D eigenvalue weighted by Gasteiger charge is 2.19. The van der Waals surface area contributed by atoms with Crippen molar-refractivity contribution in [1.29, 1.82) is 0 Å². The Morgan fingerprint density at radius 2 is 1.79 bits per heavy atom. The average molecular weight is 364 g/mol. The molecule has 0 atom stereocenters. The van der Waals surface area contributed by atoms with E-state index in [2.05, 4.69) is 5.32 Å². The van der Waals surface area contributed by atoms with Crippen molar-refractivity contribution in [2.24, 2.45) is 0 Å². The summed E-state index contributed by atoms with van der Waals surface area (Å²) in [4.78, 5) is 14.7. The molecule has 0 spiro atoms. The van der Waals surface area contributed by atoms with Crippen LogP contribution in [0.4, 0.5) is 5.69 Å². The summed E-state index contributed by atoms with van der Waals surface area (Å²) in [7, 11) is 0. The lowest BCUT2D eigenvalue weighted by atomic mass is 9.99. The van der Waals surface area contributed by atoms with E-state index in [0.717, 1.165) is 24.1 Å². The predicted molar refractivity (Wildman–Crippen MR) is 96.0 cm³/mol. The minimum Gasteiger partial charge on any atom is -0.490 e. The fraction of sp³-hybridized carbons (Fsp3) is 0.389. The van der Waals surface area contributed by atoms with E-state index >= 15 is 0 Å². The van der Waals surface area contributed by atoms with Crippen LogP contribution >= 0.6 is 22.9 Å². The normalized spacial score (nSPS) is 16.2. The van der Waals surface area contributed by atoms with Crippen LogP contribution in [0, 0.1) is 0 Å². The first kappa shape index (κ1) is 15.8. The first-order valence-corrected chi connectivity index (χ1v) is 9.42. The summed E-state index contributed by atoms with van der Waals surface area (Å²) in [5.74, 6) is 1.13. The Labute approximate surface area is 149 Å². The van der Waals surface area contributed by atoms with Crippen LogP contribution in [0.2, 0.25) is 5.02 Å². The van der Waals surface area contributed by atoms with Gasteiger partial charge in [0.05, 0.1) is 28.8 Å². The molecule has 1 aromatic heterocycles. The zero-order chi connectivity index (χ0) is 16.5. The van der Waals surface area contributed by atoms with Crippen LogP contribution in [-0.2, 0) is 12.8 Å². The lowest BCUT2D eigenvalue weighted by Gasteiger charge is -2.12. The van der Waals surface area contributed by atoms with Gasteiger partial charge < -0.3 is 14.8 Å². The number of carbonyl (C=O) groups is 1. The van der Waals surface area contributed by atoms with Crippen LogP contribution in [0.15, 0.2) is 18.2 Å². The molecule has 0 radical (unpaired) electrons. The van der Waals surface area contributed by atoms with E-state index in [-0.39, 0.29) is 5.91 Å². The smallest absolute Gasteiger partial charge is 0.265 e. The van der Waals surface area contributed by atoms with Crippen LogP contribution in [0.25, 0.3) is 0 Å². The van der Waals surface area contributed by atoms with Crippen LogP contribution in [0.5, 0.6) is 11.5 Å². The van der Waals surface area contributed by atoms with Crippen molar-refractivity contribution in [3.8, 4) is 11.5 Å². The Hall–Kier alpha value is -1.72. The average Bonchev–Trinajstić information content (AvgIpc) is 2.89. The van der Waals surface area contributed by atoms with Gasteiger partial charge in [0.2, 0.25) is 0 Å². The molecule has 24 heavy (non-hydrogen) atoms. The molecule has 6 heteroatoms. The van der Waals surface area contributed by atoms with Crippen molar-refractivity contribution >= 4 is 34.5 Å². The number of hydrogen-bond acceptors (Lipinski definition) is 4. The highest BCUT2D eigenvalue weighted by molar-refractivity contribution is 7.14. The molecule has 1 N–H and O–H groups in total. The van der Waals surface area contributed by atoms with Gasteiger partial charge in [0.25, 0.3) is 5.91 Å². The summed E-state index contributed by atoms with van der Waals surface area (Å²) in [6.45, 7) is 1.20. The molecule has 0 saturated carbocycles. The largest absolute Gasteiger partial charge is 0.490 e. The summed E-state index contributed by atoms with van der Waals surface area (Å²) >= 11 is 7.89. The second kappa shape index (κ2) is 6.65. The highest BCUT2D eigenvalue weighted by Crippen LogP contribution is 2.38. The fourth-order valence-electron chi connectivity index (χ4n) is 3.07. The Balaban J connectivity index is 1.57. The third-order valence-electron chi connectivity index (χ3n) is 4.31. The van der Waals surface area contributed by atoms with E-state index in [1.165, 1.54) is 23.3 Å². The summed E-state index contributed by atoms with van der Waals surface area (Å²) in [5, 5.41) is 3.36. The third kappa shape index (κ3) is 3.10. The number of fused-ring (bicyclic) bond motifs is 2. The summed E-state index contributed by atoms with van der Waals surface area (Å²) in [5.41, 5.74) is 1.87. The van der Waals surface area contributed by atoms with E-state index < -0.39 is 0 Å². The number of aryl methyl sites for hydroxylation is 2. The summed E-state index contributed by atoms with van der Waals surface area (Å²) in [6.07, 6.45) is 5.40. The first-order valence-electron chi connectivity index (χ1n) is 8.23. The summed E-state index contributed by atoms with van der Waals surface area (Å²) < 4.78 is 11.3. The molecule has 126 valence electrons. The lowest BCUT2D eigenvalue weighted by Crippen LogP contribution is -2.11. The van der Waals surface area contributed by atoms with Gasteiger partial charge in [0.1, 0.15) is 0 Å². The highest BCUT2D eigenvalue weighted by atomic mass is 35.5. The Bertz CT molecular complexity index is 763. The molecule has 1 aliphatic heterocycles. The number of nitrogens with one attached hydrogen (secondary N) is 1. The molecule has 0 saturated heterocycles. The number of thiophene rings is 1. The van der Waals surface area contributed by atoms with E-state index in [1.54, 1.807) is 23.5 Å². The number of hydrogen-bond donors (Lipinski definition) is 1. The Morgan fingerprint density at radius 1 is 1.04 bits per heavy atom. The molecular weight excluding hydrogens is 346 g/mol. The zero-order valence-corrected chi connectivity index (χ0v) is 14.8. The number of carbonyl (C=O) groups excluding carboxylic acids is 1. The van der Waals surface area contributed by atoms with Crippen molar-refractivity contribution < 1.29 is 14.3 Å². The number of ether oxygens (including phenoxy) is 2. The molecule has 2 aliphatic rings. The molecule has 1 aromatic carbocycles. The standard InChI is InChI=1S/C18H18ClNO3S/c19-12-9-14-15(23-7-3-6-22-14)10-13(12)20-18(21)17-8-11-4-1-2-5-16(11)24-17/h8-10H,1-7H2,(H,20,21). The van der Waals surface area contributed by atoms with Gasteiger partial charge in [0.15, 0.2) is 11.5 Å². The number of halogens is 1. The monoisotopic (exact) mass is 363 g/mol. The zero-order valence-electron chi connectivity index (χ0n) is 13.2. The van der Waals surface area contributed by atoms with Gasteiger partial charge in [-0.1, -0.05) is 11.6 Å². The maximum Gasteiger partial charge on any atom is 0.265 e. The van der Waals surface area contributed by atoms with E-state index in [1.807, 2.05) is 6.07 Å². The quantitative estimate of drug-likeness (QED) is 0.841. The van der Waals surface area contributed by atoms with E-state index in [4.69, 9.17) is 21.1 Å². The molecule has 1 amide bonds. The van der Waals surface area contributed by atoms with Crippen molar-refractivity contribution in [2.75, 3.05) is 18.5 Å². The molecular formula is C18H18ClNO3S. The van der Waals surface area contributed by atoms with Crippen LogP contribution in [-0.4, -0.2) is 19.1 Å². The first-order chi connectivity index (χ1) is 11.7. The number of benzene rings is 1. The Morgan fingerprint density at radius 3 is 2.58 bits per heavy atom. The number of amides is 1. The van der Waals surface area contributed by atoms with Crippen molar-refractivity contribution in [3.63, 3.8) is 0 Å². The van der Waals surface area contributed by atoms with Crippen LogP contribution in [0.3, 0.4) is 0 Å². The van der Waals surface area contributed by atoms with Crippen LogP contribution in [0.1, 0.15) is 39.4 Å². The van der Waals surface area contributed by atoms with Gasteiger partial charge in [-0.3, -0.25) is 4.79 Å². The van der Waals surface area contributed by atoms with Crippen molar-refractivity contribution in [3.05, 3.63) is 38.5 Å². The minimum atomic E-state index is -0.120. The molecule has 0 fully saturated rings. The predicted octanol–water partition coefficient (Wildman–Crippen LogP) is 4.69. The SMILES string of the molecule is O=C(Nc1cc2c(cc1Cl)OCCCO2)c1cc2c(s1)CCCC2. The van der Waals surface area contributed by atoms with Gasteiger partial charge in [-0.05, 0) is 37.3 Å². The van der Waals surface area contributed by atoms with E-state index in [9.17, 15) is 4.79 Å². The van der Waals surface area contributed by atoms with Gasteiger partial charge in [-0.2, -0.15) is 0 Å². The van der Waals surface area contributed by atoms with Crippen molar-refractivity contribution in [2.45, 2.75) is 32.1 Å². The molecule has 4 nitrogen and oxygen atoms in total. The van der Waals surface area contributed by atoms with Gasteiger partial charge in [0, 0.05) is 23.4 Å². The molecule has 4 rings (SSSR count). The molecule has 0 bridgehead atoms. The minimum absolute atomic E-state index is 0.120.